The van der Waals surface area contributed by atoms with Crippen molar-refractivity contribution in [2.24, 2.45) is 0 Å². The molecule has 0 radical (unpaired) electrons. The van der Waals surface area contributed by atoms with Gasteiger partial charge < -0.3 is 19.5 Å². The summed E-state index contributed by atoms with van der Waals surface area (Å²) in [5.74, 6) is -2.41. The van der Waals surface area contributed by atoms with Crippen LogP contribution in [0.3, 0.4) is 0 Å². The van der Waals surface area contributed by atoms with Gasteiger partial charge in [-0.25, -0.2) is 18.4 Å². The predicted molar refractivity (Wildman–Crippen MR) is 138 cm³/mol. The summed E-state index contributed by atoms with van der Waals surface area (Å²) < 4.78 is 73.7. The van der Waals surface area contributed by atoms with E-state index in [1.165, 1.54) is 27.8 Å². The van der Waals surface area contributed by atoms with E-state index in [9.17, 15) is 36.3 Å². The number of carbonyl (C=O) groups is 2. The number of amides is 3. The van der Waals surface area contributed by atoms with Gasteiger partial charge in [0, 0.05) is 37.9 Å². The second-order valence-corrected chi connectivity index (χ2v) is 11.3. The number of nitrogens with zero attached hydrogens (tertiary/aromatic N) is 3. The van der Waals surface area contributed by atoms with Crippen LogP contribution in [0.5, 0.6) is 0 Å². The number of ether oxygens (including phenoxy) is 1. The zero-order valence-electron chi connectivity index (χ0n) is 22.7. The van der Waals surface area contributed by atoms with Crippen LogP contribution in [-0.2, 0) is 30.5 Å². The van der Waals surface area contributed by atoms with E-state index in [-0.39, 0.29) is 42.6 Å². The molecule has 0 saturated carbocycles. The molecule has 3 aromatic rings. The molecule has 0 spiro atoms. The predicted octanol–water partition coefficient (Wildman–Crippen LogP) is 5.68. The van der Waals surface area contributed by atoms with E-state index in [0.717, 1.165) is 24.3 Å². The molecule has 0 saturated heterocycles. The van der Waals surface area contributed by atoms with Gasteiger partial charge in [-0.05, 0) is 61.5 Å². The molecule has 41 heavy (non-hydrogen) atoms. The molecule has 1 N–H and O–H groups in total. The van der Waals surface area contributed by atoms with Gasteiger partial charge in [-0.15, -0.1) is 0 Å². The number of aromatic nitrogens is 1. The molecule has 8 nitrogen and oxygen atoms in total. The second kappa shape index (κ2) is 9.74. The van der Waals surface area contributed by atoms with Crippen molar-refractivity contribution in [1.82, 2.24) is 19.7 Å². The van der Waals surface area contributed by atoms with Gasteiger partial charge in [-0.2, -0.15) is 13.2 Å². The van der Waals surface area contributed by atoms with Gasteiger partial charge in [0.05, 0.1) is 23.5 Å². The Balaban J connectivity index is 1.53. The van der Waals surface area contributed by atoms with Gasteiger partial charge in [0.1, 0.15) is 5.60 Å². The van der Waals surface area contributed by atoms with Crippen LogP contribution in [0.2, 0.25) is 0 Å². The molecule has 2 aromatic carbocycles. The molecule has 3 amide bonds. The smallest absolute Gasteiger partial charge is 0.416 e. The minimum absolute atomic E-state index is 0.0538. The van der Waals surface area contributed by atoms with Crippen molar-refractivity contribution in [3.63, 3.8) is 0 Å². The number of hydrogen-bond donors (Lipinski definition) is 1. The van der Waals surface area contributed by atoms with Gasteiger partial charge in [0.15, 0.2) is 11.6 Å². The van der Waals surface area contributed by atoms with Crippen molar-refractivity contribution in [3.05, 3.63) is 80.3 Å². The third-order valence-corrected chi connectivity index (χ3v) is 7.21. The zero-order chi connectivity index (χ0) is 30.0. The highest BCUT2D eigenvalue weighted by molar-refractivity contribution is 5.87. The lowest BCUT2D eigenvalue weighted by atomic mass is 9.93. The number of nitrogens with one attached hydrogen (secondary N) is 1. The summed E-state index contributed by atoms with van der Waals surface area (Å²) in [6.45, 7) is 4.78. The van der Waals surface area contributed by atoms with Crippen LogP contribution < -0.4 is 5.56 Å². The van der Waals surface area contributed by atoms with Gasteiger partial charge in [0.25, 0.3) is 5.56 Å². The summed E-state index contributed by atoms with van der Waals surface area (Å²) >= 11 is 0. The molecular formula is C28H27F5N4O4. The van der Waals surface area contributed by atoms with E-state index in [4.69, 9.17) is 4.74 Å². The molecule has 5 rings (SSSR count). The second-order valence-electron chi connectivity index (χ2n) is 11.3. The van der Waals surface area contributed by atoms with Crippen molar-refractivity contribution < 1.29 is 36.3 Å². The fourth-order valence-electron chi connectivity index (χ4n) is 5.30. The van der Waals surface area contributed by atoms with Gasteiger partial charge in [-0.1, -0.05) is 6.07 Å². The first-order valence-corrected chi connectivity index (χ1v) is 12.8. The minimum Gasteiger partial charge on any atom is -0.444 e. The lowest BCUT2D eigenvalue weighted by Crippen LogP contribution is -2.49. The molecule has 218 valence electrons. The highest BCUT2D eigenvalue weighted by Crippen LogP contribution is 2.37. The highest BCUT2D eigenvalue weighted by Gasteiger charge is 2.39. The molecule has 0 bridgehead atoms. The number of aromatic amines is 1. The topological polar surface area (TPSA) is 85.9 Å². The van der Waals surface area contributed by atoms with Crippen LogP contribution in [0.15, 0.2) is 35.1 Å². The van der Waals surface area contributed by atoms with E-state index in [2.05, 4.69) is 4.98 Å². The number of likely N-dealkylation sites (N-methyl/N-ethyl adjacent to an activating group) is 1. The van der Waals surface area contributed by atoms with E-state index in [1.807, 2.05) is 0 Å². The van der Waals surface area contributed by atoms with E-state index in [1.54, 1.807) is 20.8 Å². The first-order valence-electron chi connectivity index (χ1n) is 12.8. The van der Waals surface area contributed by atoms with Crippen molar-refractivity contribution in [3.8, 4) is 0 Å². The van der Waals surface area contributed by atoms with E-state index < -0.39 is 52.7 Å². The van der Waals surface area contributed by atoms with E-state index >= 15 is 0 Å². The molecule has 3 heterocycles. The fourth-order valence-corrected chi connectivity index (χ4v) is 5.30. The number of benzene rings is 2. The van der Waals surface area contributed by atoms with Crippen LogP contribution in [0.1, 0.15) is 54.8 Å². The standard InChI is InChI=1S/C28H27F5N4O4/c1-27(2,3)41-26(40)37-12-21-23(17-8-19(29)20(30)9-18(17)24(38)34-21)22(13-37)35(4)25(39)36-10-14-5-6-16(28(31,32)33)7-15(14)11-36/h5-9,22H,10-13H2,1-4H3,(H,34,38). The molecule has 1 unspecified atom stereocenters. The molecule has 1 aromatic heterocycles. The summed E-state index contributed by atoms with van der Waals surface area (Å²) in [6, 6.07) is 3.45. The number of rotatable bonds is 1. The number of urea groups is 1. The summed E-state index contributed by atoms with van der Waals surface area (Å²) in [5.41, 5.74) is -0.910. The normalized spacial score (nSPS) is 17.0. The first kappa shape index (κ1) is 28.4. The SMILES string of the molecule is CN(C(=O)N1Cc2ccc(C(F)(F)F)cc2C1)C1CN(C(=O)OC(C)(C)C)Cc2[nH]c(=O)c3cc(F)c(F)cc3c21. The Kier molecular flexibility index (Phi) is 6.74. The number of H-pyrrole nitrogens is 1. The Labute approximate surface area is 231 Å². The van der Waals surface area contributed by atoms with Crippen molar-refractivity contribution in [2.45, 2.75) is 58.2 Å². The number of carbonyl (C=O) groups excluding carboxylic acids is 2. The fraction of sp³-hybridized carbons (Fsp3) is 0.393. The van der Waals surface area contributed by atoms with Crippen molar-refractivity contribution in [2.75, 3.05) is 13.6 Å². The Bertz CT molecular complexity index is 1630. The lowest BCUT2D eigenvalue weighted by molar-refractivity contribution is -0.137. The Hall–Kier alpha value is -4.16. The maximum absolute atomic E-state index is 14.4. The number of hydrogen-bond acceptors (Lipinski definition) is 4. The average Bonchev–Trinajstić information content (AvgIpc) is 3.30. The van der Waals surface area contributed by atoms with Gasteiger partial charge >= 0.3 is 18.3 Å². The molecule has 13 heteroatoms. The van der Waals surface area contributed by atoms with E-state index in [0.29, 0.717) is 16.7 Å². The van der Waals surface area contributed by atoms with Crippen LogP contribution in [0.25, 0.3) is 10.8 Å². The molecule has 0 aliphatic carbocycles. The Morgan fingerprint density at radius 2 is 1.59 bits per heavy atom. The molecule has 1 atom stereocenters. The third-order valence-electron chi connectivity index (χ3n) is 7.21. The lowest BCUT2D eigenvalue weighted by Gasteiger charge is -2.40. The number of alkyl halides is 3. The average molecular weight is 579 g/mol. The summed E-state index contributed by atoms with van der Waals surface area (Å²) in [5, 5.41) is -0.0526. The van der Waals surface area contributed by atoms with Crippen LogP contribution in [-0.4, -0.2) is 51.0 Å². The minimum atomic E-state index is -4.53. The summed E-state index contributed by atoms with van der Waals surface area (Å²) in [7, 11) is 1.44. The Morgan fingerprint density at radius 3 is 2.22 bits per heavy atom. The first-order chi connectivity index (χ1) is 19.0. The van der Waals surface area contributed by atoms with Gasteiger partial charge in [0.2, 0.25) is 0 Å². The maximum Gasteiger partial charge on any atom is 0.416 e. The number of pyridine rings is 1. The number of fused-ring (bicyclic) bond motifs is 4. The third kappa shape index (κ3) is 5.32. The number of halogens is 5. The largest absolute Gasteiger partial charge is 0.444 e. The molecule has 0 fully saturated rings. The molecular weight excluding hydrogens is 551 g/mol. The van der Waals surface area contributed by atoms with Crippen LogP contribution in [0.4, 0.5) is 31.5 Å². The highest BCUT2D eigenvalue weighted by atomic mass is 19.4. The quantitative estimate of drug-likeness (QED) is 0.377. The monoisotopic (exact) mass is 578 g/mol. The van der Waals surface area contributed by atoms with Gasteiger partial charge in [-0.3, -0.25) is 9.69 Å². The Morgan fingerprint density at radius 1 is 0.951 bits per heavy atom. The zero-order valence-corrected chi connectivity index (χ0v) is 22.7. The van der Waals surface area contributed by atoms with Crippen LogP contribution >= 0.6 is 0 Å². The summed E-state index contributed by atoms with van der Waals surface area (Å²) in [6.07, 6.45) is -5.25. The van der Waals surface area contributed by atoms with Crippen molar-refractivity contribution >= 4 is 22.9 Å². The van der Waals surface area contributed by atoms with Crippen molar-refractivity contribution in [1.29, 1.82) is 0 Å². The summed E-state index contributed by atoms with van der Waals surface area (Å²) in [4.78, 5) is 46.1. The molecule has 2 aliphatic rings. The molecule has 2 aliphatic heterocycles. The van der Waals surface area contributed by atoms with Crippen LogP contribution in [0, 0.1) is 11.6 Å². The maximum atomic E-state index is 14.4.